The van der Waals surface area contributed by atoms with Gasteiger partial charge in [-0.05, 0) is 77.9 Å². The summed E-state index contributed by atoms with van der Waals surface area (Å²) in [5.74, 6) is -0.549. The second kappa shape index (κ2) is 11.6. The molecule has 0 radical (unpaired) electrons. The van der Waals surface area contributed by atoms with Crippen LogP contribution >= 0.6 is 0 Å². The molecular weight excluding hydrogens is 457 g/mol. The molecule has 0 N–H and O–H groups in total. The average molecular weight is 498 g/mol. The van der Waals surface area contributed by atoms with E-state index in [4.69, 9.17) is 9.16 Å². The Balaban J connectivity index is 1.75. The lowest BCUT2D eigenvalue weighted by atomic mass is 10.0. The SMILES string of the molecule is COC(=O)/C=C/c1ccc2c(c1)CCC2N(CCO[Si](C)(C)C(C)(C)C)CCc1ccc(F)cc1. The van der Waals surface area contributed by atoms with Gasteiger partial charge in [0, 0.05) is 31.8 Å². The van der Waals surface area contributed by atoms with E-state index in [1.54, 1.807) is 6.08 Å². The Morgan fingerprint density at radius 1 is 1.14 bits per heavy atom. The highest BCUT2D eigenvalue weighted by molar-refractivity contribution is 6.74. The Labute approximate surface area is 211 Å². The maximum Gasteiger partial charge on any atom is 0.330 e. The van der Waals surface area contributed by atoms with Crippen LogP contribution in [0.4, 0.5) is 4.39 Å². The van der Waals surface area contributed by atoms with Crippen LogP contribution in [0, 0.1) is 5.82 Å². The molecule has 2 aromatic rings. The quantitative estimate of drug-likeness (QED) is 0.212. The van der Waals surface area contributed by atoms with Gasteiger partial charge in [-0.15, -0.1) is 0 Å². The van der Waals surface area contributed by atoms with Crippen LogP contribution in [0.1, 0.15) is 55.5 Å². The van der Waals surface area contributed by atoms with E-state index in [9.17, 15) is 9.18 Å². The topological polar surface area (TPSA) is 38.8 Å². The van der Waals surface area contributed by atoms with E-state index in [0.29, 0.717) is 12.6 Å². The molecule has 0 aromatic heterocycles. The highest BCUT2D eigenvalue weighted by Crippen LogP contribution is 2.38. The first-order valence-electron chi connectivity index (χ1n) is 12.5. The van der Waals surface area contributed by atoms with E-state index >= 15 is 0 Å². The van der Waals surface area contributed by atoms with Crippen molar-refractivity contribution in [3.8, 4) is 0 Å². The number of benzene rings is 2. The van der Waals surface area contributed by atoms with Gasteiger partial charge in [0.1, 0.15) is 5.82 Å². The van der Waals surface area contributed by atoms with E-state index in [1.807, 2.05) is 12.1 Å². The molecule has 0 heterocycles. The third-order valence-electron chi connectivity index (χ3n) is 7.52. The van der Waals surface area contributed by atoms with Crippen molar-refractivity contribution in [2.45, 2.75) is 64.2 Å². The zero-order chi connectivity index (χ0) is 25.6. The normalized spacial score (nSPS) is 16.2. The number of methoxy groups -OCH3 is 1. The van der Waals surface area contributed by atoms with E-state index in [1.165, 1.54) is 36.4 Å². The standard InChI is InChI=1S/C29H40FNO3Si/c1-29(2,3)35(5,6)34-20-19-31(18-17-22-7-12-25(30)13-8-22)27-15-11-24-21-23(9-14-26(24)27)10-16-28(32)33-4/h7-10,12-14,16,21,27H,11,15,17-20H2,1-6H3/b16-10+. The molecule has 0 spiro atoms. The van der Waals surface area contributed by atoms with Crippen LogP contribution < -0.4 is 0 Å². The molecule has 190 valence electrons. The fraction of sp³-hybridized carbons (Fsp3) is 0.483. The summed E-state index contributed by atoms with van der Waals surface area (Å²) >= 11 is 0. The summed E-state index contributed by atoms with van der Waals surface area (Å²) in [6.07, 6.45) is 6.20. The van der Waals surface area contributed by atoms with E-state index in [2.05, 4.69) is 57.0 Å². The maximum absolute atomic E-state index is 13.4. The minimum atomic E-state index is -1.82. The number of carbonyl (C=O) groups excluding carboxylic acids is 1. The van der Waals surface area contributed by atoms with E-state index in [0.717, 1.165) is 43.5 Å². The molecule has 0 saturated heterocycles. The molecule has 0 fully saturated rings. The van der Waals surface area contributed by atoms with Gasteiger partial charge in [-0.1, -0.05) is 51.1 Å². The van der Waals surface area contributed by atoms with Gasteiger partial charge in [0.25, 0.3) is 0 Å². The van der Waals surface area contributed by atoms with Gasteiger partial charge in [0.15, 0.2) is 8.32 Å². The molecule has 1 aliphatic rings. The van der Waals surface area contributed by atoms with Crippen molar-refractivity contribution in [1.82, 2.24) is 4.90 Å². The molecule has 2 aromatic carbocycles. The zero-order valence-electron chi connectivity index (χ0n) is 22.1. The molecule has 0 aliphatic heterocycles. The predicted molar refractivity (Wildman–Crippen MR) is 143 cm³/mol. The first-order valence-corrected chi connectivity index (χ1v) is 15.4. The van der Waals surface area contributed by atoms with Crippen LogP contribution in [0.15, 0.2) is 48.5 Å². The number of carbonyl (C=O) groups is 1. The molecule has 0 saturated carbocycles. The summed E-state index contributed by atoms with van der Waals surface area (Å²) in [6.45, 7) is 13.9. The molecule has 35 heavy (non-hydrogen) atoms. The summed E-state index contributed by atoms with van der Waals surface area (Å²) in [7, 11) is -0.435. The molecule has 1 atom stereocenters. The lowest BCUT2D eigenvalue weighted by Gasteiger charge is -2.37. The van der Waals surface area contributed by atoms with Crippen molar-refractivity contribution < 1.29 is 18.3 Å². The number of hydrogen-bond acceptors (Lipinski definition) is 4. The Bertz CT molecular complexity index is 1030. The van der Waals surface area contributed by atoms with Crippen molar-refractivity contribution in [3.63, 3.8) is 0 Å². The molecule has 6 heteroatoms. The predicted octanol–water partition coefficient (Wildman–Crippen LogP) is 6.57. The third kappa shape index (κ3) is 7.35. The fourth-order valence-electron chi connectivity index (χ4n) is 4.31. The van der Waals surface area contributed by atoms with Gasteiger partial charge in [-0.2, -0.15) is 0 Å². The van der Waals surface area contributed by atoms with Crippen LogP contribution in [0.25, 0.3) is 6.08 Å². The van der Waals surface area contributed by atoms with Gasteiger partial charge < -0.3 is 9.16 Å². The Morgan fingerprint density at radius 2 is 1.86 bits per heavy atom. The molecule has 4 nitrogen and oxygen atoms in total. The third-order valence-corrected chi connectivity index (χ3v) is 12.1. The first kappa shape index (κ1) is 27.3. The molecule has 0 bridgehead atoms. The second-order valence-corrected chi connectivity index (χ2v) is 15.7. The summed E-state index contributed by atoms with van der Waals surface area (Å²) < 4.78 is 24.6. The average Bonchev–Trinajstić information content (AvgIpc) is 3.23. The first-order chi connectivity index (χ1) is 16.5. The van der Waals surface area contributed by atoms with Crippen molar-refractivity contribution in [1.29, 1.82) is 0 Å². The van der Waals surface area contributed by atoms with Gasteiger partial charge in [0.05, 0.1) is 7.11 Å². The summed E-state index contributed by atoms with van der Waals surface area (Å²) in [5, 5.41) is 0.181. The van der Waals surface area contributed by atoms with Gasteiger partial charge in [-0.25, -0.2) is 9.18 Å². The number of esters is 1. The monoisotopic (exact) mass is 497 g/mol. The number of aryl methyl sites for hydroxylation is 1. The summed E-state index contributed by atoms with van der Waals surface area (Å²) in [5.41, 5.74) is 4.84. The van der Waals surface area contributed by atoms with Crippen LogP contribution in [0.2, 0.25) is 18.1 Å². The van der Waals surface area contributed by atoms with Gasteiger partial charge in [-0.3, -0.25) is 4.90 Å². The number of hydrogen-bond donors (Lipinski definition) is 0. The van der Waals surface area contributed by atoms with Gasteiger partial charge >= 0.3 is 5.97 Å². The summed E-state index contributed by atoms with van der Waals surface area (Å²) in [4.78, 5) is 14.0. The van der Waals surface area contributed by atoms with Crippen molar-refractivity contribution >= 4 is 20.4 Å². The molecule has 1 aliphatic carbocycles. The number of fused-ring (bicyclic) bond motifs is 1. The van der Waals surface area contributed by atoms with E-state index in [-0.39, 0.29) is 16.8 Å². The second-order valence-electron chi connectivity index (χ2n) is 10.9. The van der Waals surface area contributed by atoms with Crippen LogP contribution in [-0.2, 0) is 26.8 Å². The van der Waals surface area contributed by atoms with Crippen LogP contribution in [0.5, 0.6) is 0 Å². The van der Waals surface area contributed by atoms with Crippen molar-refractivity contribution in [3.05, 3.63) is 76.6 Å². The minimum Gasteiger partial charge on any atom is -0.466 e. The largest absolute Gasteiger partial charge is 0.466 e. The van der Waals surface area contributed by atoms with Crippen LogP contribution in [-0.4, -0.2) is 46.0 Å². The highest BCUT2D eigenvalue weighted by Gasteiger charge is 2.37. The Morgan fingerprint density at radius 3 is 2.51 bits per heavy atom. The molecule has 3 rings (SSSR count). The smallest absolute Gasteiger partial charge is 0.330 e. The number of rotatable bonds is 10. The lowest BCUT2D eigenvalue weighted by Crippen LogP contribution is -2.43. The van der Waals surface area contributed by atoms with Crippen molar-refractivity contribution in [2.75, 3.05) is 26.8 Å². The lowest BCUT2D eigenvalue weighted by molar-refractivity contribution is -0.134. The van der Waals surface area contributed by atoms with E-state index < -0.39 is 8.32 Å². The fourth-order valence-corrected chi connectivity index (χ4v) is 5.35. The van der Waals surface area contributed by atoms with Gasteiger partial charge in [0.2, 0.25) is 0 Å². The number of nitrogens with zero attached hydrogens (tertiary/aromatic N) is 1. The minimum absolute atomic E-state index is 0.181. The molecule has 0 amide bonds. The highest BCUT2D eigenvalue weighted by atomic mass is 28.4. The zero-order valence-corrected chi connectivity index (χ0v) is 23.1. The van der Waals surface area contributed by atoms with Crippen molar-refractivity contribution in [2.24, 2.45) is 0 Å². The summed E-state index contributed by atoms with van der Waals surface area (Å²) in [6, 6.07) is 13.6. The Hall–Kier alpha value is -2.28. The van der Waals surface area contributed by atoms with Crippen LogP contribution in [0.3, 0.4) is 0 Å². The number of halogens is 1. The number of ether oxygens (including phenoxy) is 1. The molecular formula is C29H40FNO3Si. The Kier molecular flexibility index (Phi) is 9.08. The molecule has 1 unspecified atom stereocenters. The maximum atomic E-state index is 13.4.